The fourth-order valence-corrected chi connectivity index (χ4v) is 3.31. The zero-order chi connectivity index (χ0) is 17.1. The molecule has 2 aromatic rings. The van der Waals surface area contributed by atoms with Crippen molar-refractivity contribution in [3.05, 3.63) is 36.5 Å². The first-order valence-corrected chi connectivity index (χ1v) is 8.85. The normalized spacial score (nSPS) is 15.8. The SMILES string of the molecule is CC(C)N1CCOc2ccccc21.CC(C)N1CCn2nccc21. The maximum Gasteiger partial charge on any atom is 0.142 e. The molecule has 24 heavy (non-hydrogen) atoms. The number of nitrogens with zero attached hydrogens (tertiary/aromatic N) is 4. The van der Waals surface area contributed by atoms with Crippen molar-refractivity contribution < 1.29 is 4.74 Å². The number of ether oxygens (including phenoxy) is 1. The minimum absolute atomic E-state index is 0.546. The van der Waals surface area contributed by atoms with Crippen molar-refractivity contribution in [1.82, 2.24) is 9.78 Å². The number of rotatable bonds is 2. The Labute approximate surface area is 144 Å². The van der Waals surface area contributed by atoms with Crippen LogP contribution < -0.4 is 14.5 Å². The summed E-state index contributed by atoms with van der Waals surface area (Å²) in [6.07, 6.45) is 1.86. The molecule has 0 fully saturated rings. The molecule has 5 nitrogen and oxygen atoms in total. The van der Waals surface area contributed by atoms with E-state index in [2.05, 4.69) is 65.5 Å². The van der Waals surface area contributed by atoms with Crippen molar-refractivity contribution in [2.45, 2.75) is 46.3 Å². The lowest BCUT2D eigenvalue weighted by Crippen LogP contribution is -2.37. The van der Waals surface area contributed by atoms with E-state index in [4.69, 9.17) is 4.74 Å². The fraction of sp³-hybridized carbons (Fsp3) is 0.526. The van der Waals surface area contributed by atoms with Crippen LogP contribution in [0.15, 0.2) is 36.5 Å². The predicted octanol–water partition coefficient (Wildman–Crippen LogP) is 3.41. The molecule has 2 aliphatic rings. The van der Waals surface area contributed by atoms with E-state index in [1.54, 1.807) is 0 Å². The highest BCUT2D eigenvalue weighted by Crippen LogP contribution is 2.31. The third-order valence-electron chi connectivity index (χ3n) is 4.55. The summed E-state index contributed by atoms with van der Waals surface area (Å²) in [6.45, 7) is 12.8. The van der Waals surface area contributed by atoms with Gasteiger partial charge < -0.3 is 14.5 Å². The van der Waals surface area contributed by atoms with Gasteiger partial charge in [0.1, 0.15) is 18.2 Å². The van der Waals surface area contributed by atoms with Crippen LogP contribution in [0.1, 0.15) is 27.7 Å². The van der Waals surface area contributed by atoms with Crippen LogP contribution in [-0.4, -0.2) is 41.6 Å². The Kier molecular flexibility index (Phi) is 4.97. The second-order valence-corrected chi connectivity index (χ2v) is 6.80. The van der Waals surface area contributed by atoms with Crippen LogP contribution in [0.4, 0.5) is 11.5 Å². The highest BCUT2D eigenvalue weighted by molar-refractivity contribution is 5.60. The Bertz CT molecular complexity index is 665. The number of para-hydroxylation sites is 2. The second-order valence-electron chi connectivity index (χ2n) is 6.80. The molecule has 0 bridgehead atoms. The Hall–Kier alpha value is -2.17. The van der Waals surface area contributed by atoms with E-state index < -0.39 is 0 Å². The lowest BCUT2D eigenvalue weighted by atomic mass is 10.2. The second kappa shape index (κ2) is 7.16. The largest absolute Gasteiger partial charge is 0.490 e. The maximum absolute atomic E-state index is 5.56. The minimum Gasteiger partial charge on any atom is -0.490 e. The molecule has 0 unspecified atom stereocenters. The summed E-state index contributed by atoms with van der Waals surface area (Å²) in [5.74, 6) is 2.28. The van der Waals surface area contributed by atoms with Gasteiger partial charge in [0, 0.05) is 24.7 Å². The van der Waals surface area contributed by atoms with Crippen molar-refractivity contribution >= 4 is 11.5 Å². The fourth-order valence-electron chi connectivity index (χ4n) is 3.31. The molecule has 0 aliphatic carbocycles. The first-order chi connectivity index (χ1) is 11.6. The summed E-state index contributed by atoms with van der Waals surface area (Å²) >= 11 is 0. The van der Waals surface area contributed by atoms with E-state index in [9.17, 15) is 0 Å². The summed E-state index contributed by atoms with van der Waals surface area (Å²) in [4.78, 5) is 4.74. The topological polar surface area (TPSA) is 33.5 Å². The van der Waals surface area contributed by atoms with Gasteiger partial charge in [-0.25, -0.2) is 4.68 Å². The lowest BCUT2D eigenvalue weighted by molar-refractivity contribution is 0.303. The monoisotopic (exact) mass is 328 g/mol. The first kappa shape index (κ1) is 16.7. The third kappa shape index (κ3) is 3.35. The van der Waals surface area contributed by atoms with Crippen LogP contribution in [0, 0.1) is 0 Å². The van der Waals surface area contributed by atoms with Crippen LogP contribution >= 0.6 is 0 Å². The van der Waals surface area contributed by atoms with Gasteiger partial charge in [0.25, 0.3) is 0 Å². The number of aromatic nitrogens is 2. The van der Waals surface area contributed by atoms with Crippen molar-refractivity contribution in [1.29, 1.82) is 0 Å². The van der Waals surface area contributed by atoms with Gasteiger partial charge in [0.15, 0.2) is 0 Å². The molecule has 3 heterocycles. The summed E-state index contributed by atoms with van der Waals surface area (Å²) in [5, 5.41) is 4.20. The molecule has 0 atom stereocenters. The number of hydrogen-bond acceptors (Lipinski definition) is 4. The molecular weight excluding hydrogens is 300 g/mol. The minimum atomic E-state index is 0.546. The van der Waals surface area contributed by atoms with Crippen molar-refractivity contribution in [2.24, 2.45) is 0 Å². The molecule has 0 saturated heterocycles. The zero-order valence-electron chi connectivity index (χ0n) is 15.1. The molecule has 0 spiro atoms. The lowest BCUT2D eigenvalue weighted by Gasteiger charge is -2.34. The summed E-state index contributed by atoms with van der Waals surface area (Å²) in [5.41, 5.74) is 1.23. The Morgan fingerprint density at radius 2 is 1.67 bits per heavy atom. The molecular formula is C19H28N4O. The van der Waals surface area contributed by atoms with Gasteiger partial charge in [0.2, 0.25) is 0 Å². The Morgan fingerprint density at radius 1 is 0.917 bits per heavy atom. The standard InChI is InChI=1S/C11H15NO.C8H13N3/c1-9(2)12-7-8-13-11-6-4-3-5-10(11)12;1-7(2)10-5-6-11-8(10)3-4-9-11/h3-6,9H,7-8H2,1-2H3;3-4,7H,5-6H2,1-2H3. The summed E-state index contributed by atoms with van der Waals surface area (Å²) in [6, 6.07) is 11.4. The first-order valence-electron chi connectivity index (χ1n) is 8.85. The van der Waals surface area contributed by atoms with Crippen LogP contribution in [-0.2, 0) is 6.54 Å². The zero-order valence-corrected chi connectivity index (χ0v) is 15.1. The van der Waals surface area contributed by atoms with Gasteiger partial charge in [-0.3, -0.25) is 0 Å². The number of benzene rings is 1. The molecule has 0 N–H and O–H groups in total. The van der Waals surface area contributed by atoms with Gasteiger partial charge in [-0.15, -0.1) is 0 Å². The molecule has 0 amide bonds. The van der Waals surface area contributed by atoms with Gasteiger partial charge in [0.05, 0.1) is 25.0 Å². The quantitative estimate of drug-likeness (QED) is 0.846. The van der Waals surface area contributed by atoms with Crippen molar-refractivity contribution in [3.63, 3.8) is 0 Å². The number of hydrogen-bond donors (Lipinski definition) is 0. The van der Waals surface area contributed by atoms with Gasteiger partial charge in [-0.05, 0) is 39.8 Å². The van der Waals surface area contributed by atoms with E-state index in [0.717, 1.165) is 32.0 Å². The molecule has 2 aliphatic heterocycles. The van der Waals surface area contributed by atoms with Crippen LogP contribution in [0.2, 0.25) is 0 Å². The average molecular weight is 328 g/mol. The van der Waals surface area contributed by atoms with Gasteiger partial charge in [-0.2, -0.15) is 5.10 Å². The number of anilines is 2. The van der Waals surface area contributed by atoms with E-state index in [1.165, 1.54) is 11.5 Å². The van der Waals surface area contributed by atoms with Crippen LogP contribution in [0.25, 0.3) is 0 Å². The van der Waals surface area contributed by atoms with Crippen LogP contribution in [0.5, 0.6) is 5.75 Å². The third-order valence-corrected chi connectivity index (χ3v) is 4.55. The van der Waals surface area contributed by atoms with E-state index >= 15 is 0 Å². The molecule has 5 heteroatoms. The van der Waals surface area contributed by atoms with Gasteiger partial charge in [-0.1, -0.05) is 12.1 Å². The highest BCUT2D eigenvalue weighted by Gasteiger charge is 2.21. The molecule has 1 aromatic carbocycles. The highest BCUT2D eigenvalue weighted by atomic mass is 16.5. The predicted molar refractivity (Wildman–Crippen MR) is 99.1 cm³/mol. The Morgan fingerprint density at radius 3 is 2.42 bits per heavy atom. The molecule has 0 saturated carbocycles. The van der Waals surface area contributed by atoms with E-state index in [0.29, 0.717) is 12.1 Å². The van der Waals surface area contributed by atoms with Crippen LogP contribution in [0.3, 0.4) is 0 Å². The summed E-state index contributed by atoms with van der Waals surface area (Å²) in [7, 11) is 0. The molecule has 4 rings (SSSR count). The summed E-state index contributed by atoms with van der Waals surface area (Å²) < 4.78 is 7.62. The van der Waals surface area contributed by atoms with Gasteiger partial charge >= 0.3 is 0 Å². The Balaban J connectivity index is 0.000000143. The van der Waals surface area contributed by atoms with E-state index in [1.807, 2.05) is 18.3 Å². The molecule has 130 valence electrons. The van der Waals surface area contributed by atoms with Crippen molar-refractivity contribution in [2.75, 3.05) is 29.5 Å². The van der Waals surface area contributed by atoms with E-state index in [-0.39, 0.29) is 0 Å². The average Bonchev–Trinajstić information content (AvgIpc) is 3.17. The molecule has 1 aromatic heterocycles. The maximum atomic E-state index is 5.56. The van der Waals surface area contributed by atoms with Crippen molar-refractivity contribution in [3.8, 4) is 5.75 Å². The smallest absolute Gasteiger partial charge is 0.142 e. The molecule has 0 radical (unpaired) electrons. The number of fused-ring (bicyclic) bond motifs is 2.